The Morgan fingerprint density at radius 3 is 3.29 bits per heavy atom. The molecule has 0 radical (unpaired) electrons. The van der Waals surface area contributed by atoms with E-state index >= 15 is 0 Å². The van der Waals surface area contributed by atoms with Gasteiger partial charge in [-0.05, 0) is 0 Å². The molecule has 1 fully saturated rings. The normalized spacial score (nSPS) is 18.9. The van der Waals surface area contributed by atoms with E-state index < -0.39 is 0 Å². The van der Waals surface area contributed by atoms with Crippen molar-refractivity contribution in [2.75, 3.05) is 13.1 Å². The molecular formula is C8H11ClN4S. The van der Waals surface area contributed by atoms with Crippen molar-refractivity contribution >= 4 is 22.9 Å². The number of aromatic nitrogens is 1. The van der Waals surface area contributed by atoms with Gasteiger partial charge in [0.15, 0.2) is 4.47 Å². The second-order valence-electron chi connectivity index (χ2n) is 2.98. The highest BCUT2D eigenvalue weighted by Crippen LogP contribution is 2.21. The third-order valence-corrected chi connectivity index (χ3v) is 3.16. The van der Waals surface area contributed by atoms with Gasteiger partial charge in [0, 0.05) is 30.4 Å². The van der Waals surface area contributed by atoms with Gasteiger partial charge in [0.1, 0.15) is 5.82 Å². The molecule has 0 saturated carbocycles. The topological polar surface area (TPSA) is 54.2 Å². The summed E-state index contributed by atoms with van der Waals surface area (Å²) < 4.78 is 0.588. The van der Waals surface area contributed by atoms with Crippen molar-refractivity contribution < 1.29 is 0 Å². The summed E-state index contributed by atoms with van der Waals surface area (Å²) >= 11 is 7.25. The fourth-order valence-electron chi connectivity index (χ4n) is 1.42. The first kappa shape index (κ1) is 9.61. The van der Waals surface area contributed by atoms with E-state index in [1.165, 1.54) is 11.3 Å². The number of nitrogens with one attached hydrogen (secondary N) is 1. The van der Waals surface area contributed by atoms with Crippen molar-refractivity contribution in [2.24, 2.45) is 5.73 Å². The van der Waals surface area contributed by atoms with Gasteiger partial charge in [0.25, 0.3) is 0 Å². The Kier molecular flexibility index (Phi) is 2.79. The molecule has 14 heavy (non-hydrogen) atoms. The number of hydrogen-bond donors (Lipinski definition) is 2. The maximum Gasteiger partial charge on any atom is 0.183 e. The van der Waals surface area contributed by atoms with Gasteiger partial charge in [-0.25, -0.2) is 4.98 Å². The summed E-state index contributed by atoms with van der Waals surface area (Å²) in [7, 11) is 0. The molecule has 76 valence electrons. The molecule has 0 aromatic carbocycles. The summed E-state index contributed by atoms with van der Waals surface area (Å²) in [6, 6.07) is 0. The SMILES string of the molecule is N/C=C1\NCCN1Cc1cnc(Cl)s1. The minimum atomic E-state index is 0.588. The van der Waals surface area contributed by atoms with Crippen LogP contribution in [-0.2, 0) is 6.54 Å². The minimum Gasteiger partial charge on any atom is -0.402 e. The van der Waals surface area contributed by atoms with Gasteiger partial charge in [-0.1, -0.05) is 11.6 Å². The highest BCUT2D eigenvalue weighted by Gasteiger charge is 2.16. The molecule has 1 aromatic heterocycles. The smallest absolute Gasteiger partial charge is 0.183 e. The zero-order valence-corrected chi connectivity index (χ0v) is 9.11. The van der Waals surface area contributed by atoms with Crippen LogP contribution in [0.2, 0.25) is 4.47 Å². The molecular weight excluding hydrogens is 220 g/mol. The molecule has 3 N–H and O–H groups in total. The van der Waals surface area contributed by atoms with Crippen molar-refractivity contribution in [3.63, 3.8) is 0 Å². The van der Waals surface area contributed by atoms with Crippen LogP contribution >= 0.6 is 22.9 Å². The van der Waals surface area contributed by atoms with Crippen molar-refractivity contribution in [3.8, 4) is 0 Å². The van der Waals surface area contributed by atoms with Gasteiger partial charge in [-0.15, -0.1) is 11.3 Å². The maximum atomic E-state index is 5.75. The fraction of sp³-hybridized carbons (Fsp3) is 0.375. The van der Waals surface area contributed by atoms with Crippen molar-refractivity contribution in [1.29, 1.82) is 0 Å². The first-order valence-corrected chi connectivity index (χ1v) is 5.50. The van der Waals surface area contributed by atoms with E-state index in [0.29, 0.717) is 4.47 Å². The Labute approximate surface area is 91.4 Å². The minimum absolute atomic E-state index is 0.588. The van der Waals surface area contributed by atoms with E-state index in [1.807, 2.05) is 0 Å². The van der Waals surface area contributed by atoms with Crippen LogP contribution in [0.4, 0.5) is 0 Å². The molecule has 6 heteroatoms. The zero-order valence-electron chi connectivity index (χ0n) is 7.53. The third-order valence-electron chi connectivity index (χ3n) is 2.06. The molecule has 2 rings (SSSR count). The molecule has 0 atom stereocenters. The van der Waals surface area contributed by atoms with Crippen LogP contribution in [0.1, 0.15) is 4.88 Å². The summed E-state index contributed by atoms with van der Waals surface area (Å²) in [5.41, 5.74) is 5.48. The Balaban J connectivity index is 2.04. The predicted octanol–water partition coefficient (Wildman–Crippen LogP) is 0.959. The molecule has 2 heterocycles. The molecule has 4 nitrogen and oxygen atoms in total. The van der Waals surface area contributed by atoms with Crippen molar-refractivity contribution in [1.82, 2.24) is 15.2 Å². The number of nitrogens with two attached hydrogens (primary N) is 1. The Morgan fingerprint density at radius 2 is 2.64 bits per heavy atom. The average molecular weight is 231 g/mol. The molecule has 0 amide bonds. The van der Waals surface area contributed by atoms with E-state index in [9.17, 15) is 0 Å². The standard InChI is InChI=1S/C8H11ClN4S/c9-8-12-4-6(14-8)5-13-2-1-11-7(13)3-10/h3-4,11H,1-2,5,10H2/b7-3+. The van der Waals surface area contributed by atoms with Gasteiger partial charge < -0.3 is 16.0 Å². The van der Waals surface area contributed by atoms with Crippen molar-refractivity contribution in [2.45, 2.75) is 6.54 Å². The van der Waals surface area contributed by atoms with Gasteiger partial charge in [0.05, 0.1) is 6.54 Å². The van der Waals surface area contributed by atoms with Crippen LogP contribution in [0, 0.1) is 0 Å². The number of rotatable bonds is 2. The second-order valence-corrected chi connectivity index (χ2v) is 4.68. The van der Waals surface area contributed by atoms with Crippen LogP contribution in [0.15, 0.2) is 18.2 Å². The molecule has 1 aromatic rings. The molecule has 1 saturated heterocycles. The third kappa shape index (κ3) is 1.93. The zero-order chi connectivity index (χ0) is 9.97. The summed E-state index contributed by atoms with van der Waals surface area (Å²) in [4.78, 5) is 7.32. The molecule has 0 spiro atoms. The van der Waals surface area contributed by atoms with Crippen LogP contribution in [0.5, 0.6) is 0 Å². The van der Waals surface area contributed by atoms with Crippen LogP contribution in [-0.4, -0.2) is 23.0 Å². The Hall–Kier alpha value is -0.940. The first-order valence-electron chi connectivity index (χ1n) is 4.30. The van der Waals surface area contributed by atoms with E-state index in [2.05, 4.69) is 15.2 Å². The summed E-state index contributed by atoms with van der Waals surface area (Å²) in [6.07, 6.45) is 3.40. The molecule has 1 aliphatic rings. The Morgan fingerprint density at radius 1 is 1.79 bits per heavy atom. The van der Waals surface area contributed by atoms with E-state index in [-0.39, 0.29) is 0 Å². The average Bonchev–Trinajstić information content (AvgIpc) is 2.76. The lowest BCUT2D eigenvalue weighted by Crippen LogP contribution is -2.20. The van der Waals surface area contributed by atoms with Crippen LogP contribution in [0.3, 0.4) is 0 Å². The predicted molar refractivity (Wildman–Crippen MR) is 57.8 cm³/mol. The fourth-order valence-corrected chi connectivity index (χ4v) is 2.42. The summed E-state index contributed by atoms with van der Waals surface area (Å²) in [5.74, 6) is 0.981. The van der Waals surface area contributed by atoms with Gasteiger partial charge in [-0.2, -0.15) is 0 Å². The first-order chi connectivity index (χ1) is 6.79. The van der Waals surface area contributed by atoms with Crippen LogP contribution in [0.25, 0.3) is 0 Å². The molecule has 1 aliphatic heterocycles. The molecule has 0 unspecified atom stereocenters. The van der Waals surface area contributed by atoms with Crippen LogP contribution < -0.4 is 11.1 Å². The molecule has 0 bridgehead atoms. The number of halogens is 1. The van der Waals surface area contributed by atoms with Gasteiger partial charge >= 0.3 is 0 Å². The number of nitrogens with zero attached hydrogens (tertiary/aromatic N) is 2. The largest absolute Gasteiger partial charge is 0.402 e. The monoisotopic (exact) mass is 230 g/mol. The van der Waals surface area contributed by atoms with E-state index in [4.69, 9.17) is 17.3 Å². The lowest BCUT2D eigenvalue weighted by molar-refractivity contribution is 0.391. The lowest BCUT2D eigenvalue weighted by Gasteiger charge is -2.16. The van der Waals surface area contributed by atoms with Gasteiger partial charge in [0.2, 0.25) is 0 Å². The van der Waals surface area contributed by atoms with E-state index in [1.54, 1.807) is 12.4 Å². The van der Waals surface area contributed by atoms with Crippen molar-refractivity contribution in [3.05, 3.63) is 27.6 Å². The number of hydrogen-bond acceptors (Lipinski definition) is 5. The summed E-state index contributed by atoms with van der Waals surface area (Å²) in [5, 5.41) is 3.20. The highest BCUT2D eigenvalue weighted by atomic mass is 35.5. The Bertz CT molecular complexity index is 349. The van der Waals surface area contributed by atoms with Gasteiger partial charge in [-0.3, -0.25) is 0 Å². The van der Waals surface area contributed by atoms with E-state index in [0.717, 1.165) is 30.3 Å². The lowest BCUT2D eigenvalue weighted by atomic mass is 10.4. The number of thiazole rings is 1. The quantitative estimate of drug-likeness (QED) is 0.795. The maximum absolute atomic E-state index is 5.75. The highest BCUT2D eigenvalue weighted by molar-refractivity contribution is 7.15. The summed E-state index contributed by atoms with van der Waals surface area (Å²) in [6.45, 7) is 2.73. The molecule has 0 aliphatic carbocycles. The second kappa shape index (κ2) is 4.06.